The highest BCUT2D eigenvalue weighted by molar-refractivity contribution is 8.18. The molecular weight excluding hydrogens is 342 g/mol. The van der Waals surface area contributed by atoms with E-state index in [-0.39, 0.29) is 4.91 Å². The highest BCUT2D eigenvalue weighted by Gasteiger charge is 2.24. The maximum atomic E-state index is 11.7. The van der Waals surface area contributed by atoms with Crippen LogP contribution in [0, 0.1) is 5.92 Å². The summed E-state index contributed by atoms with van der Waals surface area (Å²) >= 11 is 1.02. The lowest BCUT2D eigenvalue weighted by Crippen LogP contribution is -2.19. The van der Waals surface area contributed by atoms with E-state index in [1.807, 2.05) is 24.3 Å². The normalized spacial score (nSPS) is 17.5. The molecule has 1 N–H and O–H groups in total. The number of nitrogens with one attached hydrogen (secondary N) is 1. The topological polar surface area (TPSA) is 89.3 Å². The highest BCUT2D eigenvalue weighted by Crippen LogP contribution is 2.23. The van der Waals surface area contributed by atoms with Gasteiger partial charge in [-0.25, -0.2) is 4.79 Å². The van der Waals surface area contributed by atoms with Gasteiger partial charge < -0.3 is 9.47 Å². The zero-order chi connectivity index (χ0) is 18.2. The Kier molecular flexibility index (Phi) is 6.76. The lowest BCUT2D eigenvalue weighted by Gasteiger charge is -2.08. The number of methoxy groups -OCH3 is 1. The van der Waals surface area contributed by atoms with Crippen molar-refractivity contribution in [3.05, 3.63) is 40.8 Å². The van der Waals surface area contributed by atoms with Crippen molar-refractivity contribution in [1.82, 2.24) is 5.32 Å². The molecule has 1 aromatic carbocycles. The van der Waals surface area contributed by atoms with Crippen molar-refractivity contribution in [2.24, 2.45) is 16.1 Å². The molecule has 0 unspecified atom stereocenters. The number of rotatable bonds is 6. The highest BCUT2D eigenvalue weighted by atomic mass is 32.2. The second-order valence-electron chi connectivity index (χ2n) is 5.51. The van der Waals surface area contributed by atoms with Crippen LogP contribution in [0.15, 0.2) is 45.4 Å². The third-order valence-electron chi connectivity index (χ3n) is 2.90. The van der Waals surface area contributed by atoms with Gasteiger partial charge in [-0.3, -0.25) is 10.1 Å². The monoisotopic (exact) mass is 361 g/mol. The van der Waals surface area contributed by atoms with E-state index in [9.17, 15) is 9.59 Å². The number of carbonyl (C=O) groups is 2. The fraction of sp³-hybridized carbons (Fsp3) is 0.294. The fourth-order valence-electron chi connectivity index (χ4n) is 1.74. The van der Waals surface area contributed by atoms with Gasteiger partial charge in [-0.15, -0.1) is 5.10 Å². The number of amides is 1. The quantitative estimate of drug-likeness (QED) is 0.363. The molecule has 1 aliphatic heterocycles. The summed E-state index contributed by atoms with van der Waals surface area (Å²) in [6, 6.07) is 7.47. The Morgan fingerprint density at radius 1 is 1.40 bits per heavy atom. The number of esters is 1. The zero-order valence-electron chi connectivity index (χ0n) is 14.2. The molecule has 132 valence electrons. The largest absolute Gasteiger partial charge is 0.493 e. The van der Waals surface area contributed by atoms with Gasteiger partial charge in [-0.1, -0.05) is 26.0 Å². The Labute approximate surface area is 150 Å². The molecule has 8 heteroatoms. The maximum absolute atomic E-state index is 11.7. The number of nitrogens with zero attached hydrogens (tertiary/aromatic N) is 2. The lowest BCUT2D eigenvalue weighted by molar-refractivity contribution is -0.135. The standard InChI is InChI=1S/C17H19N3O4S/c1-11(2)10-24-13-6-4-5-12(7-13)9-18-20-17-19-16(22)14(25-17)8-15(21)23-3/h4-9,11H,10H2,1-3H3,(H,19,20,22)/b14-8+,18-9?. The summed E-state index contributed by atoms with van der Waals surface area (Å²) in [5.41, 5.74) is 0.824. The Balaban J connectivity index is 2.00. The van der Waals surface area contributed by atoms with E-state index in [2.05, 4.69) is 34.1 Å². The van der Waals surface area contributed by atoms with Crippen LogP contribution >= 0.6 is 11.8 Å². The molecule has 0 aromatic heterocycles. The van der Waals surface area contributed by atoms with Crippen LogP contribution in [0.2, 0.25) is 0 Å². The van der Waals surface area contributed by atoms with Crippen molar-refractivity contribution >= 4 is 35.0 Å². The van der Waals surface area contributed by atoms with Crippen LogP contribution in [0.1, 0.15) is 19.4 Å². The lowest BCUT2D eigenvalue weighted by atomic mass is 10.2. The number of amidine groups is 1. The molecule has 0 bridgehead atoms. The Bertz CT molecular complexity index is 741. The smallest absolute Gasteiger partial charge is 0.331 e. The summed E-state index contributed by atoms with van der Waals surface area (Å²) in [5.74, 6) is 0.199. The van der Waals surface area contributed by atoms with Gasteiger partial charge in [0.25, 0.3) is 5.91 Å². The van der Waals surface area contributed by atoms with Crippen molar-refractivity contribution in [2.45, 2.75) is 13.8 Å². The van der Waals surface area contributed by atoms with Gasteiger partial charge in [-0.05, 0) is 35.4 Å². The predicted molar refractivity (Wildman–Crippen MR) is 97.6 cm³/mol. The summed E-state index contributed by atoms with van der Waals surface area (Å²) in [7, 11) is 1.25. The summed E-state index contributed by atoms with van der Waals surface area (Å²) in [6.07, 6.45) is 2.67. The molecule has 0 atom stereocenters. The summed E-state index contributed by atoms with van der Waals surface area (Å²) in [4.78, 5) is 23.1. The maximum Gasteiger partial charge on any atom is 0.331 e. The Morgan fingerprint density at radius 3 is 2.92 bits per heavy atom. The van der Waals surface area contributed by atoms with Crippen LogP contribution in [-0.4, -0.2) is 37.0 Å². The summed E-state index contributed by atoms with van der Waals surface area (Å²) < 4.78 is 10.1. The summed E-state index contributed by atoms with van der Waals surface area (Å²) in [5, 5.41) is 10.7. The second kappa shape index (κ2) is 9.03. The minimum absolute atomic E-state index is 0.213. The van der Waals surface area contributed by atoms with Crippen molar-refractivity contribution < 1.29 is 19.1 Å². The molecule has 0 spiro atoms. The van der Waals surface area contributed by atoms with Crippen molar-refractivity contribution in [3.8, 4) is 5.75 Å². The molecular formula is C17H19N3O4S. The first-order valence-corrected chi connectivity index (χ1v) is 8.42. The molecule has 1 aromatic rings. The SMILES string of the molecule is COC(=O)/C=C1/S/C(=N\N=Cc2cccc(OCC(C)C)c2)NC1=O. The average molecular weight is 361 g/mol. The van der Waals surface area contributed by atoms with E-state index in [0.717, 1.165) is 29.2 Å². The van der Waals surface area contributed by atoms with Crippen LogP contribution in [0.25, 0.3) is 0 Å². The third-order valence-corrected chi connectivity index (χ3v) is 3.80. The molecule has 0 saturated carbocycles. The molecule has 7 nitrogen and oxygen atoms in total. The van der Waals surface area contributed by atoms with Crippen LogP contribution < -0.4 is 10.1 Å². The molecule has 1 amide bonds. The van der Waals surface area contributed by atoms with E-state index in [4.69, 9.17) is 4.74 Å². The Morgan fingerprint density at radius 2 is 2.20 bits per heavy atom. The number of ether oxygens (including phenoxy) is 2. The number of hydrogen-bond acceptors (Lipinski definition) is 7. The molecule has 0 aliphatic carbocycles. The van der Waals surface area contributed by atoms with Gasteiger partial charge in [0, 0.05) is 6.08 Å². The van der Waals surface area contributed by atoms with Gasteiger partial charge >= 0.3 is 5.97 Å². The average Bonchev–Trinajstić information content (AvgIpc) is 2.93. The predicted octanol–water partition coefficient (Wildman–Crippen LogP) is 2.33. The first kappa shape index (κ1) is 18.7. The zero-order valence-corrected chi connectivity index (χ0v) is 15.0. The van der Waals surface area contributed by atoms with Crippen molar-refractivity contribution in [1.29, 1.82) is 0 Å². The molecule has 0 radical (unpaired) electrons. The minimum atomic E-state index is -0.597. The fourth-order valence-corrected chi connectivity index (χ4v) is 2.48. The number of hydrogen-bond donors (Lipinski definition) is 1. The van der Waals surface area contributed by atoms with Crippen LogP contribution in [0.5, 0.6) is 5.75 Å². The van der Waals surface area contributed by atoms with Crippen molar-refractivity contribution in [3.63, 3.8) is 0 Å². The number of thioether (sulfide) groups is 1. The third kappa shape index (κ3) is 6.07. The first-order chi connectivity index (χ1) is 12.0. The first-order valence-electron chi connectivity index (χ1n) is 7.60. The van der Waals surface area contributed by atoms with Gasteiger partial charge in [0.15, 0.2) is 5.17 Å². The Hall–Kier alpha value is -2.61. The molecule has 1 fully saturated rings. The van der Waals surface area contributed by atoms with Gasteiger partial charge in [-0.2, -0.15) is 5.10 Å². The van der Waals surface area contributed by atoms with E-state index in [0.29, 0.717) is 17.7 Å². The van der Waals surface area contributed by atoms with Gasteiger partial charge in [0.2, 0.25) is 0 Å². The minimum Gasteiger partial charge on any atom is -0.493 e. The molecule has 2 rings (SSSR count). The summed E-state index contributed by atoms with van der Waals surface area (Å²) in [6.45, 7) is 4.80. The number of carbonyl (C=O) groups excluding carboxylic acids is 2. The van der Waals surface area contributed by atoms with Gasteiger partial charge in [0.05, 0.1) is 24.8 Å². The number of benzene rings is 1. The van der Waals surface area contributed by atoms with E-state index in [1.54, 1.807) is 6.21 Å². The van der Waals surface area contributed by atoms with Crippen LogP contribution in [-0.2, 0) is 14.3 Å². The van der Waals surface area contributed by atoms with E-state index < -0.39 is 11.9 Å². The molecule has 1 aliphatic rings. The van der Waals surface area contributed by atoms with E-state index >= 15 is 0 Å². The molecule has 25 heavy (non-hydrogen) atoms. The van der Waals surface area contributed by atoms with Gasteiger partial charge in [0.1, 0.15) is 5.75 Å². The second-order valence-corrected chi connectivity index (χ2v) is 6.55. The molecule has 1 saturated heterocycles. The van der Waals surface area contributed by atoms with Crippen LogP contribution in [0.4, 0.5) is 0 Å². The molecule has 1 heterocycles. The van der Waals surface area contributed by atoms with Crippen molar-refractivity contribution in [2.75, 3.05) is 13.7 Å². The van der Waals surface area contributed by atoms with E-state index in [1.165, 1.54) is 7.11 Å². The van der Waals surface area contributed by atoms with Crippen LogP contribution in [0.3, 0.4) is 0 Å².